The molecule has 5 heteroatoms. The molecule has 1 N–H and O–H groups in total. The van der Waals surface area contributed by atoms with E-state index in [1.807, 2.05) is 36.6 Å². The number of carbonyl (C=O) groups excluding carboxylic acids is 1. The van der Waals surface area contributed by atoms with Crippen molar-refractivity contribution < 1.29 is 14.3 Å². The van der Waals surface area contributed by atoms with Gasteiger partial charge in [-0.15, -0.1) is 11.3 Å². The lowest BCUT2D eigenvalue weighted by molar-refractivity contribution is -0.121. The van der Waals surface area contributed by atoms with Crippen LogP contribution in [0, 0.1) is 6.92 Å². The van der Waals surface area contributed by atoms with Crippen LogP contribution in [0.25, 0.3) is 0 Å². The molecule has 1 aromatic heterocycles. The van der Waals surface area contributed by atoms with Crippen molar-refractivity contribution in [3.8, 4) is 11.5 Å². The lowest BCUT2D eigenvalue weighted by Gasteiger charge is -2.11. The zero-order chi connectivity index (χ0) is 16.5. The summed E-state index contributed by atoms with van der Waals surface area (Å²) in [7, 11) is 0. The predicted molar refractivity (Wildman–Crippen MR) is 93.2 cm³/mol. The molecule has 0 aliphatic carbocycles. The molecular formula is C18H23NO3S. The van der Waals surface area contributed by atoms with E-state index in [4.69, 9.17) is 9.47 Å². The average molecular weight is 333 g/mol. The van der Waals surface area contributed by atoms with Gasteiger partial charge in [0.25, 0.3) is 0 Å². The van der Waals surface area contributed by atoms with Gasteiger partial charge in [-0.25, -0.2) is 0 Å². The summed E-state index contributed by atoms with van der Waals surface area (Å²) in [5.41, 5.74) is 1.23. The number of para-hydroxylation sites is 2. The Hall–Kier alpha value is -2.01. The van der Waals surface area contributed by atoms with Crippen molar-refractivity contribution in [3.63, 3.8) is 0 Å². The molecule has 0 unspecified atom stereocenters. The van der Waals surface area contributed by atoms with Crippen LogP contribution in [0.4, 0.5) is 0 Å². The highest BCUT2D eigenvalue weighted by Gasteiger charge is 2.06. The molecule has 2 rings (SSSR count). The van der Waals surface area contributed by atoms with E-state index < -0.39 is 0 Å². The van der Waals surface area contributed by atoms with Crippen molar-refractivity contribution in [2.45, 2.75) is 33.2 Å². The molecule has 0 aliphatic rings. The maximum atomic E-state index is 11.8. The molecule has 1 amide bonds. The van der Waals surface area contributed by atoms with Crippen molar-refractivity contribution >= 4 is 17.2 Å². The van der Waals surface area contributed by atoms with E-state index in [1.54, 1.807) is 11.3 Å². The molecular weight excluding hydrogens is 310 g/mol. The number of carbonyl (C=O) groups is 1. The fraction of sp³-hybridized carbons (Fsp3) is 0.389. The van der Waals surface area contributed by atoms with E-state index >= 15 is 0 Å². The number of ether oxygens (including phenoxy) is 2. The Morgan fingerprint density at radius 1 is 1.17 bits per heavy atom. The average Bonchev–Trinajstić information content (AvgIpc) is 2.96. The smallest absolute Gasteiger partial charge is 0.220 e. The first-order chi connectivity index (χ1) is 11.2. The van der Waals surface area contributed by atoms with Gasteiger partial charge >= 0.3 is 0 Å². The van der Waals surface area contributed by atoms with Crippen LogP contribution in [0.2, 0.25) is 0 Å². The van der Waals surface area contributed by atoms with Gasteiger partial charge in [-0.2, -0.15) is 0 Å². The number of thiophene rings is 1. The zero-order valence-corrected chi connectivity index (χ0v) is 14.4. The van der Waals surface area contributed by atoms with Gasteiger partial charge in [0.15, 0.2) is 11.5 Å². The Morgan fingerprint density at radius 3 is 2.57 bits per heavy atom. The number of rotatable bonds is 9. The van der Waals surface area contributed by atoms with Crippen LogP contribution < -0.4 is 14.8 Å². The van der Waals surface area contributed by atoms with E-state index in [0.717, 1.165) is 11.5 Å². The third-order valence-corrected chi connectivity index (χ3v) is 4.39. The topological polar surface area (TPSA) is 47.6 Å². The highest BCUT2D eigenvalue weighted by molar-refractivity contribution is 7.10. The molecule has 0 fully saturated rings. The van der Waals surface area contributed by atoms with Crippen LogP contribution in [-0.4, -0.2) is 19.1 Å². The van der Waals surface area contributed by atoms with Crippen LogP contribution in [0.3, 0.4) is 0 Å². The molecule has 124 valence electrons. The van der Waals surface area contributed by atoms with Gasteiger partial charge in [-0.05, 0) is 49.4 Å². The monoisotopic (exact) mass is 333 g/mol. The maximum absolute atomic E-state index is 11.8. The molecule has 1 heterocycles. The summed E-state index contributed by atoms with van der Waals surface area (Å²) in [5.74, 6) is 1.52. The number of nitrogens with one attached hydrogen (secondary N) is 1. The normalized spacial score (nSPS) is 10.3. The van der Waals surface area contributed by atoms with Crippen LogP contribution in [0.1, 0.15) is 30.2 Å². The van der Waals surface area contributed by atoms with E-state index in [-0.39, 0.29) is 5.91 Å². The molecule has 0 spiro atoms. The van der Waals surface area contributed by atoms with Crippen molar-refractivity contribution in [1.82, 2.24) is 5.32 Å². The quantitative estimate of drug-likeness (QED) is 0.707. The van der Waals surface area contributed by atoms with Crippen molar-refractivity contribution in [1.29, 1.82) is 0 Å². The summed E-state index contributed by atoms with van der Waals surface area (Å²) >= 11 is 1.67. The second kappa shape index (κ2) is 9.20. The lowest BCUT2D eigenvalue weighted by Crippen LogP contribution is -2.22. The molecule has 1 aromatic carbocycles. The van der Waals surface area contributed by atoms with Gasteiger partial charge in [0.05, 0.1) is 19.8 Å². The second-order valence-electron chi connectivity index (χ2n) is 5.14. The van der Waals surface area contributed by atoms with E-state index in [0.29, 0.717) is 32.6 Å². The van der Waals surface area contributed by atoms with Crippen LogP contribution in [0.15, 0.2) is 35.7 Å². The summed E-state index contributed by atoms with van der Waals surface area (Å²) in [4.78, 5) is 13.1. The molecule has 23 heavy (non-hydrogen) atoms. The van der Waals surface area contributed by atoms with Crippen LogP contribution in [-0.2, 0) is 11.3 Å². The second-order valence-corrected chi connectivity index (χ2v) is 6.14. The van der Waals surface area contributed by atoms with Gasteiger partial charge in [0.1, 0.15) is 0 Å². The van der Waals surface area contributed by atoms with Gasteiger partial charge < -0.3 is 14.8 Å². The predicted octanol–water partition coefficient (Wildman–Crippen LogP) is 3.93. The third-order valence-electron chi connectivity index (χ3n) is 3.37. The summed E-state index contributed by atoms with van der Waals surface area (Å²) in [6, 6.07) is 9.65. The van der Waals surface area contributed by atoms with Crippen LogP contribution >= 0.6 is 11.3 Å². The Kier molecular flexibility index (Phi) is 6.94. The first kappa shape index (κ1) is 17.3. The number of hydrogen-bond acceptors (Lipinski definition) is 4. The fourth-order valence-electron chi connectivity index (χ4n) is 2.11. The highest BCUT2D eigenvalue weighted by atomic mass is 32.1. The Balaban J connectivity index is 1.67. The molecule has 0 saturated carbocycles. The molecule has 0 saturated heterocycles. The van der Waals surface area contributed by atoms with Crippen molar-refractivity contribution in [2.75, 3.05) is 13.2 Å². The fourth-order valence-corrected chi connectivity index (χ4v) is 2.96. The molecule has 0 bridgehead atoms. The Morgan fingerprint density at radius 2 is 1.91 bits per heavy atom. The third kappa shape index (κ3) is 5.60. The first-order valence-corrected chi connectivity index (χ1v) is 8.73. The number of benzene rings is 1. The van der Waals surface area contributed by atoms with Crippen molar-refractivity contribution in [2.24, 2.45) is 0 Å². The van der Waals surface area contributed by atoms with Crippen molar-refractivity contribution in [3.05, 3.63) is 46.2 Å². The van der Waals surface area contributed by atoms with Gasteiger partial charge in [-0.3, -0.25) is 4.79 Å². The number of hydrogen-bond donors (Lipinski definition) is 1. The number of aryl methyl sites for hydroxylation is 1. The first-order valence-electron chi connectivity index (χ1n) is 7.85. The largest absolute Gasteiger partial charge is 0.490 e. The Bertz CT molecular complexity index is 624. The summed E-state index contributed by atoms with van der Waals surface area (Å²) in [6.45, 7) is 5.70. The standard InChI is InChI=1S/C18H23NO3S/c1-3-21-15-7-4-5-8-16(15)22-11-6-9-18(20)19-13-17-14(2)10-12-23-17/h4-5,7-8,10,12H,3,6,9,11,13H2,1-2H3,(H,19,20). The summed E-state index contributed by atoms with van der Waals surface area (Å²) < 4.78 is 11.2. The molecule has 0 atom stereocenters. The number of amides is 1. The summed E-state index contributed by atoms with van der Waals surface area (Å²) in [6.07, 6.45) is 1.14. The van der Waals surface area contributed by atoms with E-state index in [2.05, 4.69) is 18.3 Å². The maximum Gasteiger partial charge on any atom is 0.220 e. The minimum atomic E-state index is 0.0551. The van der Waals surface area contributed by atoms with E-state index in [9.17, 15) is 4.79 Å². The molecule has 0 aliphatic heterocycles. The summed E-state index contributed by atoms with van der Waals surface area (Å²) in [5, 5.41) is 4.99. The van der Waals surface area contributed by atoms with E-state index in [1.165, 1.54) is 10.4 Å². The van der Waals surface area contributed by atoms with Crippen LogP contribution in [0.5, 0.6) is 11.5 Å². The lowest BCUT2D eigenvalue weighted by atomic mass is 10.2. The minimum absolute atomic E-state index is 0.0551. The molecule has 4 nitrogen and oxygen atoms in total. The molecule has 2 aromatic rings. The molecule has 0 radical (unpaired) electrons. The SMILES string of the molecule is CCOc1ccccc1OCCCC(=O)NCc1sccc1C. The van der Waals surface area contributed by atoms with Gasteiger partial charge in [0, 0.05) is 11.3 Å². The minimum Gasteiger partial charge on any atom is -0.490 e. The Labute approximate surface area is 141 Å². The van der Waals surface area contributed by atoms with Gasteiger partial charge in [-0.1, -0.05) is 12.1 Å². The highest BCUT2D eigenvalue weighted by Crippen LogP contribution is 2.26. The zero-order valence-electron chi connectivity index (χ0n) is 13.6. The van der Waals surface area contributed by atoms with Gasteiger partial charge in [0.2, 0.25) is 5.91 Å².